The number of hydrogen-bond acceptors (Lipinski definition) is 3. The molecule has 4 nitrogen and oxygen atoms in total. The number of aromatic carboxylic acids is 1. The average molecular weight is 358 g/mol. The number of hydrogen-bond donors (Lipinski definition) is 2. The van der Waals surface area contributed by atoms with Crippen molar-refractivity contribution in [2.75, 3.05) is 0 Å². The maximum Gasteiger partial charge on any atom is 0.339 e. The number of rotatable bonds is 5. The smallest absolute Gasteiger partial charge is 0.339 e. The molecule has 0 fully saturated rings. The molecule has 0 saturated carbocycles. The Morgan fingerprint density at radius 3 is 2.73 bits per heavy atom. The van der Waals surface area contributed by atoms with Gasteiger partial charge in [-0.25, -0.2) is 4.79 Å². The van der Waals surface area contributed by atoms with Crippen LogP contribution in [-0.2, 0) is 6.42 Å². The number of fused-ring (bicyclic) bond motifs is 3. The lowest BCUT2D eigenvalue weighted by Gasteiger charge is -2.46. The molecule has 1 aromatic rings. The maximum atomic E-state index is 11.9. The van der Waals surface area contributed by atoms with Gasteiger partial charge in [-0.2, -0.15) is 0 Å². The van der Waals surface area contributed by atoms with Crippen LogP contribution in [0.15, 0.2) is 17.7 Å². The highest BCUT2D eigenvalue weighted by atomic mass is 16.5. The van der Waals surface area contributed by atoms with E-state index in [4.69, 9.17) is 4.74 Å². The number of carboxylic acids is 1. The lowest BCUT2D eigenvalue weighted by molar-refractivity contribution is 0.0106. The van der Waals surface area contributed by atoms with Crippen LogP contribution in [-0.4, -0.2) is 21.8 Å². The van der Waals surface area contributed by atoms with Gasteiger partial charge in [0.1, 0.15) is 22.7 Å². The number of aryl methyl sites for hydroxylation is 1. The summed E-state index contributed by atoms with van der Waals surface area (Å²) < 4.78 is 6.30. The zero-order chi connectivity index (χ0) is 19.1. The molecule has 142 valence electrons. The molecule has 0 radical (unpaired) electrons. The second kappa shape index (κ2) is 6.98. The fourth-order valence-corrected chi connectivity index (χ4v) is 4.61. The van der Waals surface area contributed by atoms with Crippen LogP contribution in [0, 0.1) is 5.92 Å². The van der Waals surface area contributed by atoms with Crippen LogP contribution < -0.4 is 4.74 Å². The Morgan fingerprint density at radius 1 is 1.35 bits per heavy atom. The van der Waals surface area contributed by atoms with Crippen LogP contribution in [0.5, 0.6) is 11.5 Å². The first-order valence-corrected chi connectivity index (χ1v) is 9.74. The van der Waals surface area contributed by atoms with Gasteiger partial charge in [0.15, 0.2) is 0 Å². The Kier molecular flexibility index (Phi) is 5.05. The minimum Gasteiger partial charge on any atom is -0.507 e. The van der Waals surface area contributed by atoms with Gasteiger partial charge in [0, 0.05) is 17.4 Å². The molecule has 0 spiro atoms. The summed E-state index contributed by atoms with van der Waals surface area (Å²) in [5, 5.41) is 20.7. The quantitative estimate of drug-likeness (QED) is 0.544. The van der Waals surface area contributed by atoms with Gasteiger partial charge in [-0.1, -0.05) is 31.4 Å². The molecule has 26 heavy (non-hydrogen) atoms. The lowest BCUT2D eigenvalue weighted by Crippen LogP contribution is -2.45. The summed E-state index contributed by atoms with van der Waals surface area (Å²) in [5.74, 6) is -0.272. The van der Waals surface area contributed by atoms with Crippen LogP contribution in [0.25, 0.3) is 0 Å². The van der Waals surface area contributed by atoms with Crippen LogP contribution >= 0.6 is 0 Å². The predicted octanol–water partition coefficient (Wildman–Crippen LogP) is 5.43. The number of benzene rings is 1. The Hall–Kier alpha value is -1.97. The molecule has 0 amide bonds. The van der Waals surface area contributed by atoms with Gasteiger partial charge in [-0.3, -0.25) is 0 Å². The van der Waals surface area contributed by atoms with Crippen molar-refractivity contribution >= 4 is 5.97 Å². The van der Waals surface area contributed by atoms with Crippen LogP contribution in [0.1, 0.15) is 87.2 Å². The molecule has 0 bridgehead atoms. The summed E-state index contributed by atoms with van der Waals surface area (Å²) in [5.41, 5.74) is 2.34. The highest BCUT2D eigenvalue weighted by molar-refractivity contribution is 5.94. The maximum absolute atomic E-state index is 11.9. The topological polar surface area (TPSA) is 66.8 Å². The Bertz CT molecular complexity index is 745. The third kappa shape index (κ3) is 3.22. The number of carboxylic acid groups (broad SMARTS) is 1. The number of allylic oxidation sites excluding steroid dienone is 2. The van der Waals surface area contributed by atoms with Crippen molar-refractivity contribution in [2.24, 2.45) is 5.92 Å². The second-order valence-electron chi connectivity index (χ2n) is 8.32. The molecular formula is C22H30O4. The molecule has 0 unspecified atom stereocenters. The molecule has 0 saturated heterocycles. The second-order valence-corrected chi connectivity index (χ2v) is 8.32. The first kappa shape index (κ1) is 18.8. The van der Waals surface area contributed by atoms with E-state index in [1.54, 1.807) is 0 Å². The molecule has 3 rings (SSSR count). The SMILES string of the molecule is CCCCCc1cc2c(c(O)c1C(=O)O)[C@@H]1C=C(C)CC[C@@H]1C(C)(C)O2. The van der Waals surface area contributed by atoms with Gasteiger partial charge in [0.2, 0.25) is 0 Å². The molecule has 1 aliphatic carbocycles. The first-order valence-electron chi connectivity index (χ1n) is 9.74. The third-order valence-corrected chi connectivity index (χ3v) is 5.99. The normalized spacial score (nSPS) is 23.5. The van der Waals surface area contributed by atoms with Gasteiger partial charge in [0.05, 0.1) is 0 Å². The largest absolute Gasteiger partial charge is 0.507 e. The highest BCUT2D eigenvalue weighted by Crippen LogP contribution is 2.54. The zero-order valence-electron chi connectivity index (χ0n) is 16.3. The summed E-state index contributed by atoms with van der Waals surface area (Å²) in [7, 11) is 0. The molecule has 1 aliphatic heterocycles. The van der Waals surface area contributed by atoms with E-state index in [9.17, 15) is 15.0 Å². The van der Waals surface area contributed by atoms with Gasteiger partial charge < -0.3 is 14.9 Å². The Balaban J connectivity index is 2.15. The number of carbonyl (C=O) groups is 1. The van der Waals surface area contributed by atoms with E-state index < -0.39 is 5.97 Å². The van der Waals surface area contributed by atoms with Crippen molar-refractivity contribution in [1.82, 2.24) is 0 Å². The van der Waals surface area contributed by atoms with E-state index in [1.165, 1.54) is 5.57 Å². The standard InChI is InChI=1S/C22H30O4/c1-5-6-7-8-14-12-17-19(20(23)18(14)21(24)25)15-11-13(2)9-10-16(15)22(3,4)26-17/h11-12,15-16,23H,5-10H2,1-4H3,(H,24,25)/t15-,16+/m1/s1. The number of unbranched alkanes of at least 4 members (excludes halogenated alkanes) is 2. The Labute approximate surface area is 155 Å². The summed E-state index contributed by atoms with van der Waals surface area (Å²) in [6.45, 7) is 8.42. The first-order chi connectivity index (χ1) is 12.3. The lowest BCUT2D eigenvalue weighted by atomic mass is 9.67. The minimum atomic E-state index is -1.06. The molecule has 2 aliphatic rings. The van der Waals surface area contributed by atoms with Crippen molar-refractivity contribution in [1.29, 1.82) is 0 Å². The number of aromatic hydroxyl groups is 1. The molecular weight excluding hydrogens is 328 g/mol. The van der Waals surface area contributed by atoms with Crippen molar-refractivity contribution in [2.45, 2.75) is 77.7 Å². The summed E-state index contributed by atoms with van der Waals surface area (Å²) in [6.07, 6.45) is 7.85. The van der Waals surface area contributed by atoms with Crippen molar-refractivity contribution in [3.63, 3.8) is 0 Å². The van der Waals surface area contributed by atoms with E-state index in [2.05, 4.69) is 33.8 Å². The Morgan fingerprint density at radius 2 is 2.08 bits per heavy atom. The molecule has 2 N–H and O–H groups in total. The van der Waals surface area contributed by atoms with E-state index in [0.29, 0.717) is 23.3 Å². The van der Waals surface area contributed by atoms with Crippen molar-refractivity contribution in [3.8, 4) is 11.5 Å². The fraction of sp³-hybridized carbons (Fsp3) is 0.591. The molecule has 1 aromatic carbocycles. The molecule has 1 heterocycles. The van der Waals surface area contributed by atoms with Gasteiger partial charge in [-0.05, 0) is 58.1 Å². The number of phenols is 1. The van der Waals surface area contributed by atoms with Crippen LogP contribution in [0.2, 0.25) is 0 Å². The third-order valence-electron chi connectivity index (χ3n) is 5.99. The summed E-state index contributed by atoms with van der Waals surface area (Å²) in [4.78, 5) is 11.9. The highest BCUT2D eigenvalue weighted by Gasteiger charge is 2.46. The van der Waals surface area contributed by atoms with Gasteiger partial charge in [0.25, 0.3) is 0 Å². The average Bonchev–Trinajstić information content (AvgIpc) is 2.53. The van der Waals surface area contributed by atoms with Crippen LogP contribution in [0.3, 0.4) is 0 Å². The fourth-order valence-electron chi connectivity index (χ4n) is 4.61. The summed E-state index contributed by atoms with van der Waals surface area (Å²) >= 11 is 0. The zero-order valence-corrected chi connectivity index (χ0v) is 16.3. The summed E-state index contributed by atoms with van der Waals surface area (Å²) in [6, 6.07) is 1.86. The molecule has 2 atom stereocenters. The van der Waals surface area contributed by atoms with Gasteiger partial charge in [-0.15, -0.1) is 0 Å². The van der Waals surface area contributed by atoms with E-state index >= 15 is 0 Å². The van der Waals surface area contributed by atoms with Crippen molar-refractivity contribution < 1.29 is 19.7 Å². The minimum absolute atomic E-state index is 0.00490. The van der Waals surface area contributed by atoms with E-state index in [-0.39, 0.29) is 28.7 Å². The van der Waals surface area contributed by atoms with Crippen LogP contribution in [0.4, 0.5) is 0 Å². The molecule has 4 heteroatoms. The van der Waals surface area contributed by atoms with Crippen molar-refractivity contribution in [3.05, 3.63) is 34.4 Å². The molecule has 0 aromatic heterocycles. The van der Waals surface area contributed by atoms with E-state index in [1.807, 2.05) is 6.07 Å². The van der Waals surface area contributed by atoms with Gasteiger partial charge >= 0.3 is 5.97 Å². The van der Waals surface area contributed by atoms with E-state index in [0.717, 1.165) is 32.1 Å². The predicted molar refractivity (Wildman–Crippen MR) is 102 cm³/mol. The number of ether oxygens (including phenoxy) is 1. The monoisotopic (exact) mass is 358 g/mol.